The maximum Gasteiger partial charge on any atom is 0.228 e. The molecule has 6 heteroatoms. The number of Topliss-reactive ketones (excluding diaryl/α,β-unsaturated/α-hetero) is 1. The SMILES string of the molecule is COc1ccccc1Oc1cccc(CN2CCC(NC(=O)C3CC(=O)c4ccccc43)CC2)c1. The molecule has 3 aromatic rings. The zero-order valence-corrected chi connectivity index (χ0v) is 19.9. The molecule has 1 N–H and O–H groups in total. The topological polar surface area (TPSA) is 67.9 Å². The second-order valence-electron chi connectivity index (χ2n) is 9.23. The van der Waals surface area contributed by atoms with Crippen LogP contribution in [0, 0.1) is 0 Å². The van der Waals surface area contributed by atoms with Crippen molar-refractivity contribution in [1.29, 1.82) is 0 Å². The normalized spacial score (nSPS) is 18.2. The molecule has 1 fully saturated rings. The van der Waals surface area contributed by atoms with E-state index in [0.717, 1.165) is 43.8 Å². The van der Waals surface area contributed by atoms with Crippen molar-refractivity contribution in [3.8, 4) is 17.2 Å². The average Bonchev–Trinajstić information content (AvgIpc) is 3.22. The Morgan fingerprint density at radius 3 is 2.51 bits per heavy atom. The van der Waals surface area contributed by atoms with Crippen molar-refractivity contribution in [3.05, 3.63) is 89.5 Å². The lowest BCUT2D eigenvalue weighted by Gasteiger charge is -2.33. The predicted molar refractivity (Wildman–Crippen MR) is 134 cm³/mol. The molecular weight excluding hydrogens is 440 g/mol. The van der Waals surface area contributed by atoms with Crippen LogP contribution in [0.1, 0.15) is 46.7 Å². The van der Waals surface area contributed by atoms with E-state index >= 15 is 0 Å². The number of carbonyl (C=O) groups excluding carboxylic acids is 2. The number of benzene rings is 3. The first-order chi connectivity index (χ1) is 17.1. The maximum absolute atomic E-state index is 12.9. The number of piperidine rings is 1. The molecule has 0 bridgehead atoms. The van der Waals surface area contributed by atoms with E-state index in [0.29, 0.717) is 17.1 Å². The minimum absolute atomic E-state index is 0.0251. The van der Waals surface area contributed by atoms with Gasteiger partial charge in [0.25, 0.3) is 0 Å². The van der Waals surface area contributed by atoms with Crippen LogP contribution in [-0.4, -0.2) is 42.8 Å². The zero-order valence-electron chi connectivity index (χ0n) is 19.9. The molecule has 3 aromatic carbocycles. The lowest BCUT2D eigenvalue weighted by atomic mass is 9.98. The molecule has 0 spiro atoms. The number of nitrogens with one attached hydrogen (secondary N) is 1. The molecule has 1 aliphatic carbocycles. The van der Waals surface area contributed by atoms with Crippen LogP contribution in [0.2, 0.25) is 0 Å². The van der Waals surface area contributed by atoms with Crippen molar-refractivity contribution in [2.24, 2.45) is 0 Å². The summed E-state index contributed by atoms with van der Waals surface area (Å²) in [6, 6.07) is 23.4. The Balaban J connectivity index is 1.14. The number of fused-ring (bicyclic) bond motifs is 1. The smallest absolute Gasteiger partial charge is 0.228 e. The summed E-state index contributed by atoms with van der Waals surface area (Å²) in [5.74, 6) is 1.85. The Morgan fingerprint density at radius 1 is 0.971 bits per heavy atom. The molecule has 1 saturated heterocycles. The van der Waals surface area contributed by atoms with Gasteiger partial charge in [-0.25, -0.2) is 0 Å². The van der Waals surface area contributed by atoms with E-state index in [-0.39, 0.29) is 30.1 Å². The van der Waals surface area contributed by atoms with Crippen LogP contribution in [0.5, 0.6) is 17.2 Å². The van der Waals surface area contributed by atoms with Gasteiger partial charge in [0.05, 0.1) is 13.0 Å². The highest BCUT2D eigenvalue weighted by atomic mass is 16.5. The average molecular weight is 471 g/mol. The van der Waals surface area contributed by atoms with Gasteiger partial charge in [0.1, 0.15) is 5.75 Å². The minimum atomic E-state index is -0.359. The Hall–Kier alpha value is -3.64. The number of ketones is 1. The summed E-state index contributed by atoms with van der Waals surface area (Å²) in [7, 11) is 1.64. The van der Waals surface area contributed by atoms with Crippen LogP contribution in [0.4, 0.5) is 0 Å². The van der Waals surface area contributed by atoms with Crippen LogP contribution in [-0.2, 0) is 11.3 Å². The molecular formula is C29H30N2O4. The molecule has 2 aliphatic rings. The third-order valence-electron chi connectivity index (χ3n) is 6.88. The van der Waals surface area contributed by atoms with E-state index in [2.05, 4.69) is 22.3 Å². The fourth-order valence-electron chi connectivity index (χ4n) is 5.03. The summed E-state index contributed by atoms with van der Waals surface area (Å²) in [5, 5.41) is 3.20. The van der Waals surface area contributed by atoms with Crippen molar-refractivity contribution in [1.82, 2.24) is 10.2 Å². The number of nitrogens with zero attached hydrogens (tertiary/aromatic N) is 1. The number of hydrogen-bond donors (Lipinski definition) is 1. The molecule has 6 nitrogen and oxygen atoms in total. The number of rotatable bonds is 7. The third kappa shape index (κ3) is 5.23. The highest BCUT2D eigenvalue weighted by molar-refractivity contribution is 6.06. The first-order valence-corrected chi connectivity index (χ1v) is 12.2. The minimum Gasteiger partial charge on any atom is -0.493 e. The molecule has 1 unspecified atom stereocenters. The molecule has 1 atom stereocenters. The Labute approximate surface area is 205 Å². The van der Waals surface area contributed by atoms with Crippen molar-refractivity contribution in [2.45, 2.75) is 37.8 Å². The largest absolute Gasteiger partial charge is 0.493 e. The molecule has 5 rings (SSSR count). The first-order valence-electron chi connectivity index (χ1n) is 12.2. The summed E-state index contributed by atoms with van der Waals surface area (Å²) >= 11 is 0. The van der Waals surface area contributed by atoms with Gasteiger partial charge >= 0.3 is 0 Å². The van der Waals surface area contributed by atoms with Crippen LogP contribution >= 0.6 is 0 Å². The number of carbonyl (C=O) groups is 2. The van der Waals surface area contributed by atoms with Crippen molar-refractivity contribution in [2.75, 3.05) is 20.2 Å². The lowest BCUT2D eigenvalue weighted by molar-refractivity contribution is -0.123. The maximum atomic E-state index is 12.9. The predicted octanol–water partition coefficient (Wildman–Crippen LogP) is 4.94. The number of likely N-dealkylation sites (tertiary alicyclic amines) is 1. The third-order valence-corrected chi connectivity index (χ3v) is 6.88. The number of hydrogen-bond acceptors (Lipinski definition) is 5. The monoisotopic (exact) mass is 470 g/mol. The van der Waals surface area contributed by atoms with Crippen molar-refractivity contribution in [3.63, 3.8) is 0 Å². The molecule has 1 amide bonds. The van der Waals surface area contributed by atoms with E-state index < -0.39 is 0 Å². The fourth-order valence-corrected chi connectivity index (χ4v) is 5.03. The summed E-state index contributed by atoms with van der Waals surface area (Å²) in [6.07, 6.45) is 2.06. The van der Waals surface area contributed by atoms with Gasteiger partial charge in [-0.1, -0.05) is 48.5 Å². The second kappa shape index (κ2) is 10.3. The van der Waals surface area contributed by atoms with E-state index in [4.69, 9.17) is 9.47 Å². The van der Waals surface area contributed by atoms with Gasteiger partial charge in [-0.2, -0.15) is 0 Å². The van der Waals surface area contributed by atoms with E-state index in [9.17, 15) is 9.59 Å². The molecule has 35 heavy (non-hydrogen) atoms. The van der Waals surface area contributed by atoms with Crippen LogP contribution in [0.25, 0.3) is 0 Å². The molecule has 0 radical (unpaired) electrons. The van der Waals surface area contributed by atoms with Crippen molar-refractivity contribution >= 4 is 11.7 Å². The van der Waals surface area contributed by atoms with E-state index in [1.54, 1.807) is 7.11 Å². The van der Waals surface area contributed by atoms with E-state index in [1.165, 1.54) is 5.56 Å². The number of methoxy groups -OCH3 is 1. The Bertz CT molecular complexity index is 1220. The van der Waals surface area contributed by atoms with Gasteiger partial charge < -0.3 is 14.8 Å². The van der Waals surface area contributed by atoms with Gasteiger partial charge in [0.2, 0.25) is 5.91 Å². The summed E-state index contributed by atoms with van der Waals surface area (Å²) < 4.78 is 11.4. The molecule has 0 aromatic heterocycles. The Morgan fingerprint density at radius 2 is 1.71 bits per heavy atom. The fraction of sp³-hybridized carbons (Fsp3) is 0.310. The zero-order chi connectivity index (χ0) is 24.2. The quantitative estimate of drug-likeness (QED) is 0.530. The van der Waals surface area contributed by atoms with Crippen LogP contribution in [0.3, 0.4) is 0 Å². The highest BCUT2D eigenvalue weighted by Gasteiger charge is 2.35. The van der Waals surface area contributed by atoms with Crippen molar-refractivity contribution < 1.29 is 19.1 Å². The van der Waals surface area contributed by atoms with Gasteiger partial charge in [0.15, 0.2) is 17.3 Å². The van der Waals surface area contributed by atoms with Crippen LogP contribution < -0.4 is 14.8 Å². The number of ether oxygens (including phenoxy) is 2. The van der Waals surface area contributed by atoms with Gasteiger partial charge in [-0.05, 0) is 48.2 Å². The molecule has 0 saturated carbocycles. The number of amides is 1. The Kier molecular flexibility index (Phi) is 6.82. The standard InChI is InChI=1S/C29H30N2O4/c1-34-27-11-4-5-12-28(27)35-22-8-6-7-20(17-22)19-31-15-13-21(14-16-31)30-29(33)25-18-26(32)24-10-3-2-9-23(24)25/h2-12,17,21,25H,13-16,18-19H2,1H3,(H,30,33). The lowest BCUT2D eigenvalue weighted by Crippen LogP contribution is -2.45. The van der Waals surface area contributed by atoms with Gasteiger partial charge in [-0.3, -0.25) is 14.5 Å². The van der Waals surface area contributed by atoms with Gasteiger partial charge in [-0.15, -0.1) is 0 Å². The molecule has 1 heterocycles. The number of para-hydroxylation sites is 2. The van der Waals surface area contributed by atoms with Crippen LogP contribution in [0.15, 0.2) is 72.8 Å². The molecule has 1 aliphatic heterocycles. The summed E-state index contributed by atoms with van der Waals surface area (Å²) in [5.41, 5.74) is 2.74. The molecule has 180 valence electrons. The second-order valence-corrected chi connectivity index (χ2v) is 9.23. The van der Waals surface area contributed by atoms with Gasteiger partial charge in [0, 0.05) is 37.7 Å². The van der Waals surface area contributed by atoms with E-state index in [1.807, 2.05) is 60.7 Å². The summed E-state index contributed by atoms with van der Waals surface area (Å²) in [6.45, 7) is 2.64. The first kappa shape index (κ1) is 23.1. The highest BCUT2D eigenvalue weighted by Crippen LogP contribution is 2.34. The summed E-state index contributed by atoms with van der Waals surface area (Å²) in [4.78, 5) is 27.6.